The van der Waals surface area contributed by atoms with Crippen molar-refractivity contribution in [2.24, 2.45) is 0 Å². The molecule has 0 bridgehead atoms. The number of anilines is 2. The Morgan fingerprint density at radius 1 is 1.00 bits per heavy atom. The third kappa shape index (κ3) is 2.82. The van der Waals surface area contributed by atoms with Crippen LogP contribution in [0, 0.1) is 10.1 Å². The van der Waals surface area contributed by atoms with Crippen LogP contribution in [0.2, 0.25) is 0 Å². The van der Waals surface area contributed by atoms with E-state index in [2.05, 4.69) is 0 Å². The van der Waals surface area contributed by atoms with Crippen molar-refractivity contribution in [2.75, 3.05) is 19.1 Å². The van der Waals surface area contributed by atoms with Crippen LogP contribution in [0.3, 0.4) is 0 Å². The predicted molar refractivity (Wildman–Crippen MR) is 74.2 cm³/mol. The minimum absolute atomic E-state index is 0.0897. The summed E-state index contributed by atoms with van der Waals surface area (Å²) in [6.07, 6.45) is 0. The van der Waals surface area contributed by atoms with Crippen molar-refractivity contribution in [1.29, 1.82) is 0 Å². The van der Waals surface area contributed by atoms with Crippen LogP contribution in [0.5, 0.6) is 5.75 Å². The Bertz CT molecular complexity index is 564. The average Bonchev–Trinajstić information content (AvgIpc) is 2.46. The zero-order valence-corrected chi connectivity index (χ0v) is 10.7. The fraction of sp³-hybridized carbons (Fsp3) is 0.143. The second-order valence-electron chi connectivity index (χ2n) is 4.03. The molecular weight excluding hydrogens is 244 g/mol. The molecule has 0 fully saturated rings. The number of nitro groups is 1. The first-order valence-corrected chi connectivity index (χ1v) is 5.74. The molecule has 5 nitrogen and oxygen atoms in total. The highest BCUT2D eigenvalue weighted by Gasteiger charge is 2.08. The van der Waals surface area contributed by atoms with Crippen LogP contribution in [-0.4, -0.2) is 19.1 Å². The van der Waals surface area contributed by atoms with Crippen molar-refractivity contribution < 1.29 is 9.66 Å². The number of rotatable bonds is 4. The first kappa shape index (κ1) is 12.9. The van der Waals surface area contributed by atoms with E-state index < -0.39 is 4.92 Å². The molecule has 0 atom stereocenters. The van der Waals surface area contributed by atoms with Gasteiger partial charge in [0, 0.05) is 30.6 Å². The fourth-order valence-electron chi connectivity index (χ4n) is 1.75. The van der Waals surface area contributed by atoms with E-state index in [1.807, 2.05) is 36.2 Å². The minimum Gasteiger partial charge on any atom is -0.497 e. The summed E-state index contributed by atoms with van der Waals surface area (Å²) in [5.74, 6) is 0.792. The summed E-state index contributed by atoms with van der Waals surface area (Å²) in [6, 6.07) is 14.0. The quantitative estimate of drug-likeness (QED) is 0.623. The van der Waals surface area contributed by atoms with Crippen molar-refractivity contribution in [3.63, 3.8) is 0 Å². The van der Waals surface area contributed by atoms with Crippen molar-refractivity contribution in [2.45, 2.75) is 0 Å². The van der Waals surface area contributed by atoms with E-state index in [4.69, 9.17) is 4.74 Å². The highest BCUT2D eigenvalue weighted by molar-refractivity contribution is 5.64. The van der Waals surface area contributed by atoms with Gasteiger partial charge in [-0.3, -0.25) is 10.1 Å². The van der Waals surface area contributed by atoms with E-state index in [0.717, 1.165) is 17.1 Å². The molecule has 0 aliphatic rings. The maximum atomic E-state index is 10.6. The zero-order chi connectivity index (χ0) is 13.8. The molecule has 2 aromatic rings. The molecule has 0 unspecified atom stereocenters. The largest absolute Gasteiger partial charge is 0.497 e. The second kappa shape index (κ2) is 5.39. The number of nitrogens with zero attached hydrogens (tertiary/aromatic N) is 2. The van der Waals surface area contributed by atoms with Gasteiger partial charge in [-0.25, -0.2) is 0 Å². The van der Waals surface area contributed by atoms with E-state index in [-0.39, 0.29) is 5.69 Å². The van der Waals surface area contributed by atoms with Gasteiger partial charge in [-0.2, -0.15) is 0 Å². The lowest BCUT2D eigenvalue weighted by atomic mass is 10.2. The predicted octanol–water partition coefficient (Wildman–Crippen LogP) is 3.37. The Balaban J connectivity index is 2.22. The van der Waals surface area contributed by atoms with Gasteiger partial charge in [-0.15, -0.1) is 0 Å². The molecule has 0 saturated carbocycles. The van der Waals surface area contributed by atoms with Crippen molar-refractivity contribution in [1.82, 2.24) is 0 Å². The molecule has 0 spiro atoms. The Hall–Kier alpha value is -2.56. The third-order valence-corrected chi connectivity index (χ3v) is 2.91. The SMILES string of the molecule is COc1ccc(N(C)c2ccc([N+](=O)[O-])cc2)cc1. The highest BCUT2D eigenvalue weighted by Crippen LogP contribution is 2.26. The van der Waals surface area contributed by atoms with Crippen LogP contribution in [0.1, 0.15) is 0 Å². The third-order valence-electron chi connectivity index (χ3n) is 2.91. The van der Waals surface area contributed by atoms with Gasteiger partial charge in [0.25, 0.3) is 5.69 Å². The van der Waals surface area contributed by atoms with Crippen molar-refractivity contribution in [3.8, 4) is 5.75 Å². The molecule has 0 radical (unpaired) electrons. The standard InChI is InChI=1S/C14H14N2O3/c1-15(12-7-9-14(19-2)10-8-12)11-3-5-13(6-4-11)16(17)18/h3-10H,1-2H3. The van der Waals surface area contributed by atoms with Gasteiger partial charge < -0.3 is 9.64 Å². The maximum absolute atomic E-state index is 10.6. The van der Waals surface area contributed by atoms with Crippen LogP contribution in [0.25, 0.3) is 0 Å². The Labute approximate surface area is 111 Å². The topological polar surface area (TPSA) is 55.6 Å². The number of hydrogen-bond acceptors (Lipinski definition) is 4. The summed E-state index contributed by atoms with van der Waals surface area (Å²) in [4.78, 5) is 12.1. The summed E-state index contributed by atoms with van der Waals surface area (Å²) < 4.78 is 5.10. The number of ether oxygens (including phenoxy) is 1. The summed E-state index contributed by atoms with van der Waals surface area (Å²) in [5.41, 5.74) is 1.96. The fourth-order valence-corrected chi connectivity index (χ4v) is 1.75. The molecule has 0 saturated heterocycles. The molecule has 0 aromatic heterocycles. The number of non-ortho nitro benzene ring substituents is 1. The normalized spacial score (nSPS) is 10.0. The molecule has 98 valence electrons. The summed E-state index contributed by atoms with van der Waals surface area (Å²) in [7, 11) is 3.53. The first-order chi connectivity index (χ1) is 9.11. The molecule has 5 heteroatoms. The molecular formula is C14H14N2O3. The zero-order valence-electron chi connectivity index (χ0n) is 10.7. The van der Waals surface area contributed by atoms with E-state index in [1.165, 1.54) is 12.1 Å². The lowest BCUT2D eigenvalue weighted by molar-refractivity contribution is -0.384. The maximum Gasteiger partial charge on any atom is 0.269 e. The van der Waals surface area contributed by atoms with E-state index >= 15 is 0 Å². The van der Waals surface area contributed by atoms with Crippen molar-refractivity contribution in [3.05, 3.63) is 58.6 Å². The van der Waals surface area contributed by atoms with E-state index in [9.17, 15) is 10.1 Å². The molecule has 0 N–H and O–H groups in total. The Morgan fingerprint density at radius 2 is 1.47 bits per heavy atom. The molecule has 0 aliphatic carbocycles. The van der Waals surface area contributed by atoms with Crippen LogP contribution in [0.15, 0.2) is 48.5 Å². The molecule has 0 heterocycles. The minimum atomic E-state index is -0.406. The van der Waals surface area contributed by atoms with Gasteiger partial charge in [-0.1, -0.05) is 0 Å². The van der Waals surface area contributed by atoms with Crippen LogP contribution >= 0.6 is 0 Å². The molecule has 0 aliphatic heterocycles. The van der Waals surface area contributed by atoms with Gasteiger partial charge in [0.2, 0.25) is 0 Å². The smallest absolute Gasteiger partial charge is 0.269 e. The van der Waals surface area contributed by atoms with Gasteiger partial charge >= 0.3 is 0 Å². The average molecular weight is 258 g/mol. The van der Waals surface area contributed by atoms with Gasteiger partial charge in [-0.05, 0) is 36.4 Å². The monoisotopic (exact) mass is 258 g/mol. The number of hydrogen-bond donors (Lipinski definition) is 0. The van der Waals surface area contributed by atoms with Crippen molar-refractivity contribution >= 4 is 17.1 Å². The Morgan fingerprint density at radius 3 is 1.89 bits per heavy atom. The highest BCUT2D eigenvalue weighted by atomic mass is 16.6. The summed E-state index contributed by atoms with van der Waals surface area (Å²) in [6.45, 7) is 0. The van der Waals surface area contributed by atoms with Crippen LogP contribution < -0.4 is 9.64 Å². The first-order valence-electron chi connectivity index (χ1n) is 5.74. The molecule has 19 heavy (non-hydrogen) atoms. The number of methoxy groups -OCH3 is 1. The second-order valence-corrected chi connectivity index (χ2v) is 4.03. The van der Waals surface area contributed by atoms with E-state index in [0.29, 0.717) is 0 Å². The molecule has 2 rings (SSSR count). The van der Waals surface area contributed by atoms with E-state index in [1.54, 1.807) is 19.2 Å². The lowest BCUT2D eigenvalue weighted by Crippen LogP contribution is -2.09. The van der Waals surface area contributed by atoms with Gasteiger partial charge in [0.05, 0.1) is 12.0 Å². The lowest BCUT2D eigenvalue weighted by Gasteiger charge is -2.19. The number of nitro benzene ring substituents is 1. The van der Waals surface area contributed by atoms with Gasteiger partial charge in [0.1, 0.15) is 5.75 Å². The van der Waals surface area contributed by atoms with Crippen LogP contribution in [0.4, 0.5) is 17.1 Å². The summed E-state index contributed by atoms with van der Waals surface area (Å²) >= 11 is 0. The molecule has 2 aromatic carbocycles. The molecule has 0 amide bonds. The Kier molecular flexibility index (Phi) is 3.66. The van der Waals surface area contributed by atoms with Crippen LogP contribution in [-0.2, 0) is 0 Å². The summed E-state index contributed by atoms with van der Waals surface area (Å²) in [5, 5.41) is 10.6. The van der Waals surface area contributed by atoms with Gasteiger partial charge in [0.15, 0.2) is 0 Å². The number of benzene rings is 2.